The highest BCUT2D eigenvalue weighted by Gasteiger charge is 2.25. The summed E-state index contributed by atoms with van der Waals surface area (Å²) in [6, 6.07) is 6.07. The Labute approximate surface area is 132 Å². The molecular weight excluding hydrogens is 296 g/mol. The van der Waals surface area contributed by atoms with Crippen LogP contribution in [-0.4, -0.2) is 18.9 Å². The van der Waals surface area contributed by atoms with Crippen molar-refractivity contribution in [1.29, 1.82) is 0 Å². The van der Waals surface area contributed by atoms with Crippen molar-refractivity contribution in [3.05, 3.63) is 58.4 Å². The van der Waals surface area contributed by atoms with Gasteiger partial charge in [0.2, 0.25) is 0 Å². The molecule has 3 heterocycles. The highest BCUT2D eigenvalue weighted by molar-refractivity contribution is 7.98. The molecule has 22 heavy (non-hydrogen) atoms. The maximum Gasteiger partial charge on any atom is 0.258 e. The number of fused-ring (bicyclic) bond motifs is 1. The Hall–Kier alpha value is -2.08. The van der Waals surface area contributed by atoms with E-state index in [2.05, 4.69) is 14.5 Å². The molecule has 6 heteroatoms. The number of aromatic nitrogens is 4. The molecule has 0 atom stereocenters. The summed E-state index contributed by atoms with van der Waals surface area (Å²) in [5, 5.41) is 1.01. The van der Waals surface area contributed by atoms with Gasteiger partial charge >= 0.3 is 0 Å². The van der Waals surface area contributed by atoms with Crippen molar-refractivity contribution in [3.8, 4) is 0 Å². The molecule has 4 rings (SSSR count). The zero-order chi connectivity index (χ0) is 15.1. The minimum atomic E-state index is -0.0360. The van der Waals surface area contributed by atoms with Gasteiger partial charge in [-0.25, -0.2) is 9.97 Å². The third kappa shape index (κ3) is 2.54. The van der Waals surface area contributed by atoms with Crippen LogP contribution in [0.4, 0.5) is 0 Å². The Balaban J connectivity index is 1.61. The largest absolute Gasteiger partial charge is 0.323 e. The fourth-order valence-corrected chi connectivity index (χ4v) is 3.43. The van der Waals surface area contributed by atoms with Crippen molar-refractivity contribution in [2.75, 3.05) is 0 Å². The first-order valence-corrected chi connectivity index (χ1v) is 8.34. The minimum Gasteiger partial charge on any atom is -0.323 e. The molecule has 5 nitrogen and oxygen atoms in total. The van der Waals surface area contributed by atoms with Gasteiger partial charge in [0, 0.05) is 36.5 Å². The van der Waals surface area contributed by atoms with E-state index >= 15 is 0 Å². The van der Waals surface area contributed by atoms with Crippen LogP contribution in [0.15, 0.2) is 46.7 Å². The average molecular weight is 312 g/mol. The monoisotopic (exact) mass is 312 g/mol. The maximum absolute atomic E-state index is 12.2. The molecule has 1 fully saturated rings. The normalized spacial score (nSPS) is 14.6. The molecule has 0 bridgehead atoms. The first-order valence-electron chi connectivity index (χ1n) is 7.35. The minimum absolute atomic E-state index is 0.0360. The zero-order valence-electron chi connectivity index (χ0n) is 12.3. The third-order valence-corrected chi connectivity index (χ3v) is 4.81. The summed E-state index contributed by atoms with van der Waals surface area (Å²) in [5.74, 6) is 0.656. The van der Waals surface area contributed by atoms with Crippen LogP contribution in [0.5, 0.6) is 0 Å². The predicted molar refractivity (Wildman–Crippen MR) is 86.3 cm³/mol. The fourth-order valence-electron chi connectivity index (χ4n) is 2.51. The molecule has 1 aliphatic carbocycles. The van der Waals surface area contributed by atoms with Crippen LogP contribution < -0.4 is 5.56 Å². The lowest BCUT2D eigenvalue weighted by atomic mass is 10.3. The Morgan fingerprint density at radius 2 is 2.18 bits per heavy atom. The number of pyridine rings is 1. The Kier molecular flexibility index (Phi) is 3.26. The molecule has 0 spiro atoms. The molecule has 0 N–H and O–H groups in total. The van der Waals surface area contributed by atoms with E-state index in [1.54, 1.807) is 28.4 Å². The van der Waals surface area contributed by atoms with E-state index in [4.69, 9.17) is 0 Å². The molecule has 3 aromatic rings. The molecule has 112 valence electrons. The standard InChI is InChI=1S/C16H16N4OS/c1-11-4-6-20-14(8-11)18-12(9-15(20)21)10-22-16-17-5-7-19(16)13-2-3-13/h4-9,13H,2-3,10H2,1H3. The number of rotatable bonds is 4. The van der Waals surface area contributed by atoms with Gasteiger partial charge in [0.25, 0.3) is 5.56 Å². The van der Waals surface area contributed by atoms with Gasteiger partial charge in [-0.1, -0.05) is 11.8 Å². The van der Waals surface area contributed by atoms with Crippen molar-refractivity contribution in [1.82, 2.24) is 18.9 Å². The van der Waals surface area contributed by atoms with E-state index in [0.29, 0.717) is 17.4 Å². The van der Waals surface area contributed by atoms with E-state index in [9.17, 15) is 4.79 Å². The topological polar surface area (TPSA) is 52.2 Å². The van der Waals surface area contributed by atoms with Crippen LogP contribution in [0.2, 0.25) is 0 Å². The smallest absolute Gasteiger partial charge is 0.258 e. The van der Waals surface area contributed by atoms with E-state index in [1.165, 1.54) is 12.8 Å². The molecule has 0 saturated heterocycles. The van der Waals surface area contributed by atoms with E-state index in [1.807, 2.05) is 31.5 Å². The summed E-state index contributed by atoms with van der Waals surface area (Å²) in [6.07, 6.45) is 8.12. The second kappa shape index (κ2) is 5.28. The highest BCUT2D eigenvalue weighted by atomic mass is 32.2. The Morgan fingerprint density at radius 1 is 1.32 bits per heavy atom. The van der Waals surface area contributed by atoms with Gasteiger partial charge in [-0.2, -0.15) is 0 Å². The van der Waals surface area contributed by atoms with Gasteiger partial charge in [-0.15, -0.1) is 0 Å². The molecule has 3 aromatic heterocycles. The number of hydrogen-bond donors (Lipinski definition) is 0. The third-order valence-electron chi connectivity index (χ3n) is 3.80. The molecular formula is C16H16N4OS. The van der Waals surface area contributed by atoms with Crippen LogP contribution in [0.1, 0.15) is 30.1 Å². The number of aryl methyl sites for hydroxylation is 1. The van der Waals surface area contributed by atoms with Gasteiger partial charge in [0.1, 0.15) is 5.65 Å². The van der Waals surface area contributed by atoms with Crippen molar-refractivity contribution >= 4 is 17.4 Å². The second-order valence-electron chi connectivity index (χ2n) is 5.65. The van der Waals surface area contributed by atoms with Crippen LogP contribution in [0, 0.1) is 6.92 Å². The molecule has 0 radical (unpaired) electrons. The summed E-state index contributed by atoms with van der Waals surface area (Å²) in [7, 11) is 0. The number of thioether (sulfide) groups is 1. The lowest BCUT2D eigenvalue weighted by molar-refractivity contribution is 0.663. The van der Waals surface area contributed by atoms with Gasteiger partial charge < -0.3 is 4.57 Å². The summed E-state index contributed by atoms with van der Waals surface area (Å²) in [4.78, 5) is 21.1. The SMILES string of the molecule is Cc1ccn2c(=O)cc(CSc3nccn3C3CC3)nc2c1. The van der Waals surface area contributed by atoms with Crippen LogP contribution in [-0.2, 0) is 5.75 Å². The van der Waals surface area contributed by atoms with Crippen molar-refractivity contribution in [2.45, 2.75) is 36.7 Å². The zero-order valence-corrected chi connectivity index (χ0v) is 13.1. The maximum atomic E-state index is 12.2. The van der Waals surface area contributed by atoms with Gasteiger partial charge in [-0.05, 0) is 37.5 Å². The summed E-state index contributed by atoms with van der Waals surface area (Å²) in [6.45, 7) is 2.00. The molecule has 0 aromatic carbocycles. The summed E-state index contributed by atoms with van der Waals surface area (Å²) >= 11 is 1.64. The van der Waals surface area contributed by atoms with Crippen LogP contribution in [0.3, 0.4) is 0 Å². The molecule has 1 aliphatic rings. The molecule has 1 saturated carbocycles. The summed E-state index contributed by atoms with van der Waals surface area (Å²) < 4.78 is 3.80. The van der Waals surface area contributed by atoms with Crippen LogP contribution >= 0.6 is 11.8 Å². The summed E-state index contributed by atoms with van der Waals surface area (Å²) in [5.41, 5.74) is 2.56. The van der Waals surface area contributed by atoms with E-state index < -0.39 is 0 Å². The van der Waals surface area contributed by atoms with Gasteiger partial charge in [0.05, 0.1) is 5.69 Å². The van der Waals surface area contributed by atoms with E-state index in [0.717, 1.165) is 16.4 Å². The lowest BCUT2D eigenvalue weighted by Gasteiger charge is -2.06. The second-order valence-corrected chi connectivity index (χ2v) is 6.60. The first kappa shape index (κ1) is 13.6. The van der Waals surface area contributed by atoms with Crippen LogP contribution in [0.25, 0.3) is 5.65 Å². The number of hydrogen-bond acceptors (Lipinski definition) is 4. The van der Waals surface area contributed by atoms with Gasteiger partial charge in [0.15, 0.2) is 5.16 Å². The average Bonchev–Trinajstić information content (AvgIpc) is 3.23. The van der Waals surface area contributed by atoms with Crippen molar-refractivity contribution in [2.24, 2.45) is 0 Å². The predicted octanol–water partition coefficient (Wildman–Crippen LogP) is 2.83. The Bertz CT molecular complexity index is 895. The molecule has 0 unspecified atom stereocenters. The van der Waals surface area contributed by atoms with Crippen molar-refractivity contribution in [3.63, 3.8) is 0 Å². The Morgan fingerprint density at radius 3 is 3.00 bits per heavy atom. The highest BCUT2D eigenvalue weighted by Crippen LogP contribution is 2.38. The quantitative estimate of drug-likeness (QED) is 0.695. The fraction of sp³-hybridized carbons (Fsp3) is 0.312. The van der Waals surface area contributed by atoms with Crippen molar-refractivity contribution < 1.29 is 0 Å². The van der Waals surface area contributed by atoms with E-state index in [-0.39, 0.29) is 5.56 Å². The molecule has 0 aliphatic heterocycles. The number of imidazole rings is 1. The lowest BCUT2D eigenvalue weighted by Crippen LogP contribution is -2.15. The number of nitrogens with zero attached hydrogens (tertiary/aromatic N) is 4. The first-order chi connectivity index (χ1) is 10.7. The molecule has 0 amide bonds. The van der Waals surface area contributed by atoms with Gasteiger partial charge in [-0.3, -0.25) is 9.20 Å².